The third-order valence-corrected chi connectivity index (χ3v) is 7.30. The molecule has 1 heterocycles. The third-order valence-electron chi connectivity index (χ3n) is 7.30. The van der Waals surface area contributed by atoms with Crippen LogP contribution < -0.4 is 9.47 Å². The van der Waals surface area contributed by atoms with Gasteiger partial charge in [0.2, 0.25) is 5.78 Å². The Hall–Kier alpha value is -4.06. The van der Waals surface area contributed by atoms with E-state index in [2.05, 4.69) is 30.6 Å². The van der Waals surface area contributed by atoms with E-state index in [1.165, 1.54) is 0 Å². The van der Waals surface area contributed by atoms with Crippen LogP contribution in [0.5, 0.6) is 11.5 Å². The highest BCUT2D eigenvalue weighted by molar-refractivity contribution is 6.39. The zero-order valence-corrected chi connectivity index (χ0v) is 23.7. The van der Waals surface area contributed by atoms with Crippen LogP contribution in [0.25, 0.3) is 17.7 Å². The maximum Gasteiger partial charge on any atom is 0.203 e. The topological polar surface area (TPSA) is 63.7 Å². The van der Waals surface area contributed by atoms with Crippen molar-refractivity contribution in [1.82, 2.24) is 4.57 Å². The summed E-state index contributed by atoms with van der Waals surface area (Å²) < 4.78 is 15.1. The van der Waals surface area contributed by atoms with Crippen molar-refractivity contribution >= 4 is 29.2 Å². The van der Waals surface area contributed by atoms with Crippen molar-refractivity contribution in [3.8, 4) is 11.5 Å². The number of methoxy groups -OCH3 is 2. The van der Waals surface area contributed by atoms with Gasteiger partial charge in [0, 0.05) is 43.3 Å². The molecule has 1 N–H and O–H groups in total. The van der Waals surface area contributed by atoms with Crippen LogP contribution in [0.15, 0.2) is 71.5 Å². The first-order chi connectivity index (χ1) is 18.9. The highest BCUT2D eigenvalue weighted by atomic mass is 16.5. The van der Waals surface area contributed by atoms with Gasteiger partial charge < -0.3 is 19.1 Å². The van der Waals surface area contributed by atoms with Gasteiger partial charge in [-0.15, -0.1) is 0 Å². The molecule has 39 heavy (non-hydrogen) atoms. The average molecular weight is 528 g/mol. The number of aliphatic hydroxyl groups excluding tert-OH is 1. The molecule has 2 aliphatic rings. The second-order valence-electron chi connectivity index (χ2n) is 9.81. The first-order valence-corrected chi connectivity index (χ1v) is 13.7. The summed E-state index contributed by atoms with van der Waals surface area (Å²) >= 11 is 0. The number of benzene rings is 1. The second-order valence-corrected chi connectivity index (χ2v) is 9.81. The maximum atomic E-state index is 13.2. The molecule has 0 atom stereocenters. The van der Waals surface area contributed by atoms with Crippen LogP contribution in [-0.2, 0) is 11.8 Å². The SMILES string of the molecule is CCCC[N+](CCCC)=C1C=CC(=C2C(=O)C(c3ccc(/C=C/c4cc(OC)ccc4OC)n3C)=C2O)C=C1. The summed E-state index contributed by atoms with van der Waals surface area (Å²) in [7, 11) is 5.15. The number of Topliss-reactive ketones (excluding diaryl/α,β-unsaturated/α-hetero) is 1. The van der Waals surface area contributed by atoms with Crippen molar-refractivity contribution in [3.63, 3.8) is 0 Å². The molecule has 0 saturated carbocycles. The summed E-state index contributed by atoms with van der Waals surface area (Å²) in [4.78, 5) is 13.2. The molecule has 0 radical (unpaired) electrons. The normalized spacial score (nSPS) is 15.0. The zero-order chi connectivity index (χ0) is 27.9. The molecule has 0 spiro atoms. The first-order valence-electron chi connectivity index (χ1n) is 13.7. The first kappa shape index (κ1) is 28.0. The summed E-state index contributed by atoms with van der Waals surface area (Å²) in [5.74, 6) is 1.39. The molecule has 4 rings (SSSR count). The summed E-state index contributed by atoms with van der Waals surface area (Å²) in [6, 6.07) is 9.42. The summed E-state index contributed by atoms with van der Waals surface area (Å²) in [6.45, 7) is 6.46. The minimum absolute atomic E-state index is 0.0489. The van der Waals surface area contributed by atoms with Gasteiger partial charge in [0.1, 0.15) is 30.3 Å². The number of aromatic nitrogens is 1. The Morgan fingerprint density at radius 3 is 2.18 bits per heavy atom. The molecule has 1 aromatic heterocycles. The van der Waals surface area contributed by atoms with Crippen LogP contribution in [0.1, 0.15) is 56.5 Å². The Morgan fingerprint density at radius 1 is 0.897 bits per heavy atom. The molecular weight excluding hydrogens is 488 g/mol. The van der Waals surface area contributed by atoms with E-state index in [0.717, 1.165) is 72.8 Å². The molecule has 6 heteroatoms. The molecule has 2 aromatic rings. The van der Waals surface area contributed by atoms with Crippen LogP contribution in [0.4, 0.5) is 0 Å². The van der Waals surface area contributed by atoms with Gasteiger partial charge >= 0.3 is 0 Å². The number of carbonyl (C=O) groups is 1. The Balaban J connectivity index is 1.58. The van der Waals surface area contributed by atoms with Gasteiger partial charge in [0.25, 0.3) is 0 Å². The largest absolute Gasteiger partial charge is 0.506 e. The molecule has 0 amide bonds. The molecule has 1 aromatic carbocycles. The summed E-state index contributed by atoms with van der Waals surface area (Å²) in [5.41, 5.74) is 5.08. The fraction of sp³-hybridized carbons (Fsp3) is 0.333. The highest BCUT2D eigenvalue weighted by Crippen LogP contribution is 2.39. The highest BCUT2D eigenvalue weighted by Gasteiger charge is 2.38. The van der Waals surface area contributed by atoms with Crippen LogP contribution in [0.3, 0.4) is 0 Å². The number of ether oxygens (including phenoxy) is 2. The lowest BCUT2D eigenvalue weighted by molar-refractivity contribution is -0.527. The quantitative estimate of drug-likeness (QED) is 0.266. The number of carbonyl (C=O) groups excluding carboxylic acids is 1. The lowest BCUT2D eigenvalue weighted by atomic mass is 9.82. The van der Waals surface area contributed by atoms with Crippen molar-refractivity contribution in [2.45, 2.75) is 39.5 Å². The van der Waals surface area contributed by atoms with Crippen molar-refractivity contribution in [2.75, 3.05) is 27.3 Å². The van der Waals surface area contributed by atoms with Crippen molar-refractivity contribution < 1.29 is 24.0 Å². The number of ketones is 1. The maximum absolute atomic E-state index is 13.2. The molecular formula is C33H39N2O4+. The van der Waals surface area contributed by atoms with Crippen molar-refractivity contribution in [2.24, 2.45) is 7.05 Å². The molecule has 0 saturated heterocycles. The molecule has 0 fully saturated rings. The number of nitrogens with zero attached hydrogens (tertiary/aromatic N) is 2. The molecule has 0 aliphatic heterocycles. The van der Waals surface area contributed by atoms with Crippen molar-refractivity contribution in [3.05, 3.63) is 88.5 Å². The second kappa shape index (κ2) is 12.7. The average Bonchev–Trinajstić information content (AvgIpc) is 3.31. The van der Waals surface area contributed by atoms with Crippen LogP contribution in [-0.4, -0.2) is 53.1 Å². The lowest BCUT2D eigenvalue weighted by Crippen LogP contribution is -2.25. The Bertz CT molecular complexity index is 1400. The van der Waals surface area contributed by atoms with E-state index < -0.39 is 0 Å². The summed E-state index contributed by atoms with van der Waals surface area (Å²) in [6.07, 6.45) is 16.5. The van der Waals surface area contributed by atoms with Crippen LogP contribution in [0, 0.1) is 0 Å². The van der Waals surface area contributed by atoms with Gasteiger partial charge in [0.05, 0.1) is 31.1 Å². The number of unbranched alkanes of at least 4 members (excludes halogenated alkanes) is 2. The van der Waals surface area contributed by atoms with E-state index >= 15 is 0 Å². The van der Waals surface area contributed by atoms with E-state index in [4.69, 9.17) is 9.47 Å². The van der Waals surface area contributed by atoms with Gasteiger partial charge in [-0.1, -0.05) is 26.7 Å². The van der Waals surface area contributed by atoms with E-state index in [0.29, 0.717) is 16.8 Å². The predicted octanol–water partition coefficient (Wildman–Crippen LogP) is 6.54. The van der Waals surface area contributed by atoms with Crippen LogP contribution in [0.2, 0.25) is 0 Å². The minimum atomic E-state index is -0.139. The standard InChI is InChI=1S/C33H38N2O4/c1-6-8-20-35(21-9-7-2)26-14-10-23(11-15-26)30-32(36)31(33(30)37)28-18-16-25(34(28)3)13-12-24-22-27(38-4)17-19-29(24)39-5/h10-19,22H,6-9,20-21H2,1-5H3/p+1/b13-12+. The number of rotatable bonds is 11. The van der Waals surface area contributed by atoms with E-state index in [-0.39, 0.29) is 11.5 Å². The fourth-order valence-electron chi connectivity index (χ4n) is 4.91. The van der Waals surface area contributed by atoms with Gasteiger partial charge in [-0.05, 0) is 60.2 Å². The molecule has 0 bridgehead atoms. The van der Waals surface area contributed by atoms with Crippen molar-refractivity contribution in [1.29, 1.82) is 0 Å². The number of hydrogen-bond donors (Lipinski definition) is 1. The molecule has 6 nitrogen and oxygen atoms in total. The van der Waals surface area contributed by atoms with E-state index in [9.17, 15) is 9.90 Å². The lowest BCUT2D eigenvalue weighted by Gasteiger charge is -2.24. The fourth-order valence-corrected chi connectivity index (χ4v) is 4.91. The molecule has 204 valence electrons. The van der Waals surface area contributed by atoms with E-state index in [1.807, 2.05) is 66.3 Å². The minimum Gasteiger partial charge on any atom is -0.506 e. The summed E-state index contributed by atoms with van der Waals surface area (Å²) in [5, 5.41) is 11.0. The van der Waals surface area contributed by atoms with Gasteiger partial charge in [-0.3, -0.25) is 4.79 Å². The smallest absolute Gasteiger partial charge is 0.203 e. The molecule has 2 aliphatic carbocycles. The van der Waals surface area contributed by atoms with E-state index in [1.54, 1.807) is 14.2 Å². The number of aliphatic hydroxyl groups is 1. The Kier molecular flexibility index (Phi) is 9.07. The Labute approximate surface area is 231 Å². The predicted molar refractivity (Wildman–Crippen MR) is 159 cm³/mol. The molecule has 0 unspecified atom stereocenters. The monoisotopic (exact) mass is 527 g/mol. The number of hydrogen-bond acceptors (Lipinski definition) is 4. The number of allylic oxidation sites excluding steroid dienone is 7. The zero-order valence-electron chi connectivity index (χ0n) is 23.7. The van der Waals surface area contributed by atoms with Gasteiger partial charge in [-0.2, -0.15) is 0 Å². The van der Waals surface area contributed by atoms with Gasteiger partial charge in [-0.25, -0.2) is 4.58 Å². The third kappa shape index (κ3) is 5.85. The Morgan fingerprint density at radius 2 is 1.59 bits per heavy atom. The van der Waals surface area contributed by atoms with Crippen LogP contribution >= 0.6 is 0 Å². The van der Waals surface area contributed by atoms with Gasteiger partial charge in [0.15, 0.2) is 5.71 Å².